The molecule has 6 heteroatoms. The van der Waals surface area contributed by atoms with Crippen molar-refractivity contribution in [2.24, 2.45) is 0 Å². The molecule has 0 aromatic carbocycles. The minimum atomic E-state index is -0.807. The third-order valence-corrected chi connectivity index (χ3v) is 1.66. The minimum absolute atomic E-state index is 0.145. The predicted molar refractivity (Wildman–Crippen MR) is 45.1 cm³/mol. The second kappa shape index (κ2) is 3.49. The number of halogens is 1. The quantitative estimate of drug-likeness (QED) is 0.653. The molecule has 2 N–H and O–H groups in total. The van der Waals surface area contributed by atoms with E-state index in [2.05, 4.69) is 4.74 Å². The maximum atomic E-state index is 11.0. The van der Waals surface area contributed by atoms with Crippen molar-refractivity contribution >= 4 is 17.6 Å². The van der Waals surface area contributed by atoms with Gasteiger partial charge in [0.15, 0.2) is 0 Å². The number of aromatic nitrogens is 1. The lowest BCUT2D eigenvalue weighted by Crippen LogP contribution is -2.10. The molecule has 5 nitrogen and oxygen atoms in total. The molecular weight excluding hydrogens is 198 g/mol. The van der Waals surface area contributed by atoms with Crippen molar-refractivity contribution in [2.45, 2.75) is 0 Å². The molecule has 0 bridgehead atoms. The van der Waals surface area contributed by atoms with Crippen molar-refractivity contribution in [3.05, 3.63) is 27.0 Å². The van der Waals surface area contributed by atoms with Gasteiger partial charge >= 0.3 is 5.97 Å². The molecule has 0 fully saturated rings. The van der Waals surface area contributed by atoms with E-state index in [0.29, 0.717) is 0 Å². The smallest absolute Gasteiger partial charge is 0.344 e. The molecule has 0 saturated carbocycles. The van der Waals surface area contributed by atoms with E-state index in [-0.39, 0.29) is 10.6 Å². The van der Waals surface area contributed by atoms with Gasteiger partial charge in [0.1, 0.15) is 5.56 Å². The average Bonchev–Trinajstić information content (AvgIpc) is 2.02. The summed E-state index contributed by atoms with van der Waals surface area (Å²) in [6.07, 6.45) is 0. The monoisotopic (exact) mass is 203 g/mol. The van der Waals surface area contributed by atoms with Crippen LogP contribution in [0.15, 0.2) is 10.9 Å². The molecule has 0 radical (unpaired) electrons. The minimum Gasteiger partial charge on any atom is -0.494 e. The Balaban J connectivity index is 3.37. The fraction of sp³-hybridized carbons (Fsp3) is 0.143. The molecule has 0 spiro atoms. The van der Waals surface area contributed by atoms with E-state index in [4.69, 9.17) is 16.7 Å². The number of ether oxygens (including phenoxy) is 1. The lowest BCUT2D eigenvalue weighted by Gasteiger charge is -2.02. The summed E-state index contributed by atoms with van der Waals surface area (Å²) in [6.45, 7) is 0. The van der Waals surface area contributed by atoms with Crippen molar-refractivity contribution in [1.82, 2.24) is 4.98 Å². The molecule has 1 rings (SSSR count). The molecule has 0 aliphatic rings. The number of carbonyl (C=O) groups is 1. The summed E-state index contributed by atoms with van der Waals surface area (Å²) >= 11 is 5.53. The molecule has 0 aliphatic heterocycles. The van der Waals surface area contributed by atoms with Gasteiger partial charge in [-0.15, -0.1) is 0 Å². The predicted octanol–water partition coefficient (Wildman–Crippen LogP) is 0.520. The number of rotatable bonds is 1. The summed E-state index contributed by atoms with van der Waals surface area (Å²) < 4.78 is 4.33. The van der Waals surface area contributed by atoms with Crippen LogP contribution < -0.4 is 5.56 Å². The molecule has 70 valence electrons. The number of nitrogens with one attached hydrogen (secondary N) is 1. The van der Waals surface area contributed by atoms with E-state index in [9.17, 15) is 9.59 Å². The van der Waals surface area contributed by atoms with E-state index in [1.54, 1.807) is 0 Å². The number of esters is 1. The molecule has 0 aliphatic carbocycles. The molecular formula is C7H6ClNO4. The fourth-order valence-electron chi connectivity index (χ4n) is 0.812. The van der Waals surface area contributed by atoms with Crippen LogP contribution in [0.25, 0.3) is 0 Å². The summed E-state index contributed by atoms with van der Waals surface area (Å²) in [7, 11) is 1.14. The zero-order chi connectivity index (χ0) is 10.0. The number of methoxy groups -OCH3 is 1. The number of carbonyl (C=O) groups excluding carboxylic acids is 1. The Morgan fingerprint density at radius 2 is 2.31 bits per heavy atom. The Bertz CT molecular complexity index is 372. The number of hydrogen-bond acceptors (Lipinski definition) is 4. The molecule has 1 aromatic rings. The first kappa shape index (κ1) is 9.60. The first-order chi connectivity index (χ1) is 6.06. The first-order valence-corrected chi connectivity index (χ1v) is 3.64. The van der Waals surface area contributed by atoms with E-state index < -0.39 is 17.4 Å². The third-order valence-electron chi connectivity index (χ3n) is 1.36. The Morgan fingerprint density at radius 3 is 2.77 bits per heavy atom. The summed E-state index contributed by atoms with van der Waals surface area (Å²) in [5.41, 5.74) is -0.834. The topological polar surface area (TPSA) is 79.4 Å². The van der Waals surface area contributed by atoms with Gasteiger partial charge in [0.2, 0.25) is 5.88 Å². The van der Waals surface area contributed by atoms with Gasteiger partial charge in [-0.2, -0.15) is 0 Å². The molecule has 0 saturated heterocycles. The average molecular weight is 204 g/mol. The normalized spacial score (nSPS) is 9.69. The van der Waals surface area contributed by atoms with Crippen LogP contribution in [0.2, 0.25) is 5.02 Å². The lowest BCUT2D eigenvalue weighted by atomic mass is 10.3. The maximum Gasteiger partial charge on any atom is 0.344 e. The Kier molecular flexibility index (Phi) is 2.57. The van der Waals surface area contributed by atoms with E-state index >= 15 is 0 Å². The van der Waals surface area contributed by atoms with Crippen LogP contribution in [0.1, 0.15) is 10.4 Å². The van der Waals surface area contributed by atoms with Gasteiger partial charge in [0.25, 0.3) is 5.56 Å². The van der Waals surface area contributed by atoms with Crippen molar-refractivity contribution in [3.63, 3.8) is 0 Å². The van der Waals surface area contributed by atoms with Crippen LogP contribution in [-0.2, 0) is 4.74 Å². The summed E-state index contributed by atoms with van der Waals surface area (Å²) in [5.74, 6) is -1.40. The van der Waals surface area contributed by atoms with Crippen LogP contribution in [0.5, 0.6) is 5.88 Å². The number of H-pyrrole nitrogens is 1. The highest BCUT2D eigenvalue weighted by molar-refractivity contribution is 6.33. The SMILES string of the molecule is COC(=O)c1c(Cl)cc(=O)[nH]c1O. The van der Waals surface area contributed by atoms with Gasteiger partial charge in [0.05, 0.1) is 12.1 Å². The van der Waals surface area contributed by atoms with Crippen molar-refractivity contribution in [1.29, 1.82) is 0 Å². The van der Waals surface area contributed by atoms with E-state index in [0.717, 1.165) is 13.2 Å². The second-order valence-corrected chi connectivity index (χ2v) is 2.60. The van der Waals surface area contributed by atoms with Gasteiger partial charge in [-0.05, 0) is 0 Å². The number of aromatic amines is 1. The third kappa shape index (κ3) is 1.81. The highest BCUT2D eigenvalue weighted by atomic mass is 35.5. The van der Waals surface area contributed by atoms with Crippen LogP contribution >= 0.6 is 11.6 Å². The largest absolute Gasteiger partial charge is 0.494 e. The van der Waals surface area contributed by atoms with E-state index in [1.165, 1.54) is 0 Å². The van der Waals surface area contributed by atoms with Crippen LogP contribution in [0, 0.1) is 0 Å². The standard InChI is InChI=1S/C7H6ClNO4/c1-13-7(12)5-3(8)2-4(10)9-6(5)11/h2H,1H3,(H2,9,10,11). The van der Waals surface area contributed by atoms with Crippen LogP contribution in [0.4, 0.5) is 0 Å². The Hall–Kier alpha value is -1.49. The van der Waals surface area contributed by atoms with Gasteiger partial charge < -0.3 is 9.84 Å². The van der Waals surface area contributed by atoms with Gasteiger partial charge in [-0.3, -0.25) is 9.78 Å². The molecule has 1 heterocycles. The highest BCUT2D eigenvalue weighted by Crippen LogP contribution is 2.21. The summed E-state index contributed by atoms with van der Waals surface area (Å²) in [6, 6.07) is 0.980. The van der Waals surface area contributed by atoms with Crippen LogP contribution in [0.3, 0.4) is 0 Å². The van der Waals surface area contributed by atoms with Crippen LogP contribution in [-0.4, -0.2) is 23.2 Å². The zero-order valence-electron chi connectivity index (χ0n) is 6.63. The number of pyridine rings is 1. The van der Waals surface area contributed by atoms with E-state index in [1.807, 2.05) is 4.98 Å². The lowest BCUT2D eigenvalue weighted by molar-refractivity contribution is 0.0596. The van der Waals surface area contributed by atoms with Crippen molar-refractivity contribution in [2.75, 3.05) is 7.11 Å². The van der Waals surface area contributed by atoms with Crippen molar-refractivity contribution in [3.8, 4) is 5.88 Å². The summed E-state index contributed by atoms with van der Waals surface area (Å²) in [4.78, 5) is 23.7. The number of hydrogen-bond donors (Lipinski definition) is 2. The molecule has 0 atom stereocenters. The second-order valence-electron chi connectivity index (χ2n) is 2.20. The summed E-state index contributed by atoms with van der Waals surface area (Å²) in [5, 5.41) is 8.99. The van der Waals surface area contributed by atoms with Crippen molar-refractivity contribution < 1.29 is 14.6 Å². The van der Waals surface area contributed by atoms with Gasteiger partial charge in [-0.25, -0.2) is 4.79 Å². The van der Waals surface area contributed by atoms with Gasteiger partial charge in [-0.1, -0.05) is 11.6 Å². The highest BCUT2D eigenvalue weighted by Gasteiger charge is 2.17. The molecule has 0 unspecified atom stereocenters. The fourth-order valence-corrected chi connectivity index (χ4v) is 1.08. The Morgan fingerprint density at radius 1 is 1.69 bits per heavy atom. The molecule has 1 aromatic heterocycles. The molecule has 0 amide bonds. The molecule has 13 heavy (non-hydrogen) atoms. The van der Waals surface area contributed by atoms with Gasteiger partial charge in [0, 0.05) is 6.07 Å². The number of aromatic hydroxyl groups is 1. The maximum absolute atomic E-state index is 11.0. The Labute approximate surface area is 77.9 Å². The zero-order valence-corrected chi connectivity index (χ0v) is 7.38. The first-order valence-electron chi connectivity index (χ1n) is 3.26.